The molecule has 28 heavy (non-hydrogen) atoms. The van der Waals surface area contributed by atoms with Crippen LogP contribution < -0.4 is 5.32 Å². The summed E-state index contributed by atoms with van der Waals surface area (Å²) in [5.74, 6) is -0.647. The van der Waals surface area contributed by atoms with E-state index in [0.29, 0.717) is 21.4 Å². The maximum absolute atomic E-state index is 12.3. The molecule has 0 aliphatic heterocycles. The van der Waals surface area contributed by atoms with Crippen molar-refractivity contribution in [2.45, 2.75) is 0 Å². The van der Waals surface area contributed by atoms with Crippen molar-refractivity contribution in [3.63, 3.8) is 0 Å². The molecule has 3 rings (SSSR count). The molecular weight excluding hydrogens is 397 g/mol. The van der Waals surface area contributed by atoms with E-state index in [2.05, 4.69) is 10.3 Å². The van der Waals surface area contributed by atoms with Crippen LogP contribution in [0.3, 0.4) is 0 Å². The van der Waals surface area contributed by atoms with E-state index < -0.39 is 0 Å². The van der Waals surface area contributed by atoms with Gasteiger partial charge in [0.05, 0.1) is 27.8 Å². The molecule has 0 aliphatic rings. The number of hydrogen-bond acceptors (Lipinski definition) is 3. The van der Waals surface area contributed by atoms with Gasteiger partial charge in [-0.15, -0.1) is 0 Å². The number of likely N-dealkylation sites (N-methyl/N-ethyl adjacent to an activating group) is 1. The molecule has 0 saturated carbocycles. The number of hydrogen-bond donors (Lipinski definition) is 1. The Morgan fingerprint density at radius 2 is 1.86 bits per heavy atom. The number of nitrogens with zero attached hydrogens (tertiary/aromatic N) is 2. The van der Waals surface area contributed by atoms with E-state index in [0.717, 1.165) is 10.9 Å². The number of benzene rings is 2. The van der Waals surface area contributed by atoms with Gasteiger partial charge in [0.15, 0.2) is 0 Å². The fourth-order valence-electron chi connectivity index (χ4n) is 2.53. The number of aromatic nitrogens is 1. The number of halogens is 2. The third-order valence-electron chi connectivity index (χ3n) is 3.98. The van der Waals surface area contributed by atoms with Crippen molar-refractivity contribution in [1.29, 1.82) is 0 Å². The van der Waals surface area contributed by atoms with Gasteiger partial charge in [-0.3, -0.25) is 9.59 Å². The van der Waals surface area contributed by atoms with Crippen molar-refractivity contribution >= 4 is 57.7 Å². The van der Waals surface area contributed by atoms with E-state index in [1.807, 2.05) is 36.4 Å². The van der Waals surface area contributed by atoms with E-state index in [-0.39, 0.29) is 18.4 Å². The average molecular weight is 414 g/mol. The zero-order valence-electron chi connectivity index (χ0n) is 15.0. The lowest BCUT2D eigenvalue weighted by molar-refractivity contribution is -0.129. The average Bonchev–Trinajstić information content (AvgIpc) is 2.68. The number of anilines is 1. The maximum Gasteiger partial charge on any atom is 0.246 e. The van der Waals surface area contributed by atoms with Crippen LogP contribution in [0.5, 0.6) is 0 Å². The van der Waals surface area contributed by atoms with Crippen LogP contribution in [0.25, 0.3) is 17.0 Å². The van der Waals surface area contributed by atoms with Crippen molar-refractivity contribution < 1.29 is 9.59 Å². The molecule has 0 fully saturated rings. The second-order valence-electron chi connectivity index (χ2n) is 6.13. The summed E-state index contributed by atoms with van der Waals surface area (Å²) >= 11 is 11.8. The number of nitrogens with one attached hydrogen (secondary N) is 1. The van der Waals surface area contributed by atoms with Crippen molar-refractivity contribution in [1.82, 2.24) is 9.88 Å². The summed E-state index contributed by atoms with van der Waals surface area (Å²) in [6, 6.07) is 16.3. The summed E-state index contributed by atoms with van der Waals surface area (Å²) in [6.45, 7) is -0.103. The molecule has 2 amide bonds. The quantitative estimate of drug-likeness (QED) is 0.619. The summed E-state index contributed by atoms with van der Waals surface area (Å²) in [7, 11) is 1.55. The smallest absolute Gasteiger partial charge is 0.246 e. The molecular formula is C21H17Cl2N3O2. The van der Waals surface area contributed by atoms with Crippen LogP contribution in [0.1, 0.15) is 5.69 Å². The zero-order chi connectivity index (χ0) is 20.1. The largest absolute Gasteiger partial charge is 0.333 e. The second-order valence-corrected chi connectivity index (χ2v) is 6.95. The molecule has 0 radical (unpaired) electrons. The van der Waals surface area contributed by atoms with Gasteiger partial charge in [0.1, 0.15) is 0 Å². The minimum absolute atomic E-state index is 0.103. The van der Waals surface area contributed by atoms with Crippen LogP contribution in [0.2, 0.25) is 10.0 Å². The third kappa shape index (κ3) is 5.09. The van der Waals surface area contributed by atoms with Gasteiger partial charge >= 0.3 is 0 Å². The monoisotopic (exact) mass is 413 g/mol. The second kappa shape index (κ2) is 8.87. The standard InChI is InChI=1S/C21H17Cl2N3O2/c1-26(13-20(27)25-16-8-10-17(22)18(23)12-16)21(28)11-9-15-7-6-14-4-2-3-5-19(14)24-15/h2-12H,13H2,1H3,(H,25,27)/b11-9+. The van der Waals surface area contributed by atoms with Crippen molar-refractivity contribution in [3.05, 3.63) is 76.4 Å². The van der Waals surface area contributed by atoms with E-state index in [9.17, 15) is 9.59 Å². The zero-order valence-corrected chi connectivity index (χ0v) is 16.5. The SMILES string of the molecule is CN(CC(=O)Nc1ccc(Cl)c(Cl)c1)C(=O)/C=C/c1ccc2ccccc2n1. The molecule has 0 atom stereocenters. The molecule has 0 aliphatic carbocycles. The Balaban J connectivity index is 1.59. The highest BCUT2D eigenvalue weighted by atomic mass is 35.5. The van der Waals surface area contributed by atoms with Crippen LogP contribution >= 0.6 is 23.2 Å². The molecule has 1 aromatic heterocycles. The summed E-state index contributed by atoms with van der Waals surface area (Å²) in [4.78, 5) is 30.2. The van der Waals surface area contributed by atoms with Crippen LogP contribution in [0, 0.1) is 0 Å². The first-order chi connectivity index (χ1) is 13.4. The lowest BCUT2D eigenvalue weighted by atomic mass is 10.2. The predicted molar refractivity (Wildman–Crippen MR) is 114 cm³/mol. The summed E-state index contributed by atoms with van der Waals surface area (Å²) in [5.41, 5.74) is 2.03. The van der Waals surface area contributed by atoms with Crippen LogP contribution in [-0.4, -0.2) is 35.3 Å². The minimum atomic E-state index is -0.341. The highest BCUT2D eigenvalue weighted by molar-refractivity contribution is 6.42. The Kier molecular flexibility index (Phi) is 6.29. The highest BCUT2D eigenvalue weighted by Gasteiger charge is 2.11. The van der Waals surface area contributed by atoms with Crippen LogP contribution in [-0.2, 0) is 9.59 Å². The minimum Gasteiger partial charge on any atom is -0.333 e. The van der Waals surface area contributed by atoms with E-state index in [1.165, 1.54) is 11.0 Å². The Hall–Kier alpha value is -2.89. The number of para-hydroxylation sites is 1. The predicted octanol–water partition coefficient (Wildman–Crippen LogP) is 4.65. The van der Waals surface area contributed by atoms with Gasteiger partial charge in [0, 0.05) is 24.2 Å². The fraction of sp³-hybridized carbons (Fsp3) is 0.0952. The lowest BCUT2D eigenvalue weighted by Crippen LogP contribution is -2.33. The third-order valence-corrected chi connectivity index (χ3v) is 4.72. The van der Waals surface area contributed by atoms with Crippen molar-refractivity contribution in [2.24, 2.45) is 0 Å². The van der Waals surface area contributed by atoms with Crippen molar-refractivity contribution in [2.75, 3.05) is 18.9 Å². The lowest BCUT2D eigenvalue weighted by Gasteiger charge is -2.15. The molecule has 142 valence electrons. The molecule has 7 heteroatoms. The van der Waals surface area contributed by atoms with Gasteiger partial charge < -0.3 is 10.2 Å². The normalized spacial score (nSPS) is 11.0. The van der Waals surface area contributed by atoms with Gasteiger partial charge in [0.2, 0.25) is 11.8 Å². The van der Waals surface area contributed by atoms with Crippen LogP contribution in [0.4, 0.5) is 5.69 Å². The molecule has 3 aromatic rings. The van der Waals surface area contributed by atoms with E-state index in [4.69, 9.17) is 23.2 Å². The maximum atomic E-state index is 12.3. The number of amides is 2. The fourth-order valence-corrected chi connectivity index (χ4v) is 2.82. The van der Waals surface area contributed by atoms with Gasteiger partial charge in [0.25, 0.3) is 0 Å². The molecule has 1 N–H and O–H groups in total. The molecule has 5 nitrogen and oxygen atoms in total. The Bertz CT molecular complexity index is 1070. The number of carbonyl (C=O) groups excluding carboxylic acids is 2. The van der Waals surface area contributed by atoms with Gasteiger partial charge in [-0.1, -0.05) is 47.5 Å². The summed E-state index contributed by atoms with van der Waals surface area (Å²) < 4.78 is 0. The molecule has 0 saturated heterocycles. The van der Waals surface area contributed by atoms with Crippen LogP contribution in [0.15, 0.2) is 60.7 Å². The Morgan fingerprint density at radius 1 is 1.07 bits per heavy atom. The topological polar surface area (TPSA) is 62.3 Å². The van der Waals surface area contributed by atoms with Crippen molar-refractivity contribution in [3.8, 4) is 0 Å². The number of pyridine rings is 1. The summed E-state index contributed by atoms with van der Waals surface area (Å²) in [6.07, 6.45) is 3.02. The first-order valence-corrected chi connectivity index (χ1v) is 9.22. The van der Waals surface area contributed by atoms with E-state index >= 15 is 0 Å². The van der Waals surface area contributed by atoms with Gasteiger partial charge in [-0.2, -0.15) is 0 Å². The first kappa shape index (κ1) is 19.9. The van der Waals surface area contributed by atoms with Gasteiger partial charge in [-0.25, -0.2) is 4.98 Å². The Labute approximate surface area is 172 Å². The Morgan fingerprint density at radius 3 is 2.64 bits per heavy atom. The van der Waals surface area contributed by atoms with Gasteiger partial charge in [-0.05, 0) is 36.4 Å². The highest BCUT2D eigenvalue weighted by Crippen LogP contribution is 2.24. The van der Waals surface area contributed by atoms with E-state index in [1.54, 1.807) is 31.3 Å². The molecule has 0 bridgehead atoms. The molecule has 0 unspecified atom stereocenters. The number of rotatable bonds is 5. The number of fused-ring (bicyclic) bond motifs is 1. The molecule has 0 spiro atoms. The summed E-state index contributed by atoms with van der Waals surface area (Å²) in [5, 5.41) is 4.45. The molecule has 1 heterocycles. The number of carbonyl (C=O) groups is 2. The molecule has 2 aromatic carbocycles. The first-order valence-electron chi connectivity index (χ1n) is 8.46.